The van der Waals surface area contributed by atoms with Crippen molar-refractivity contribution < 1.29 is 14.5 Å². The minimum atomic E-state index is -0.466. The van der Waals surface area contributed by atoms with Crippen LogP contribution in [0.1, 0.15) is 52.9 Å². The molecule has 2 heterocycles. The van der Waals surface area contributed by atoms with E-state index in [1.165, 1.54) is 40.8 Å². The number of hydrogen-bond acceptors (Lipinski definition) is 7. The van der Waals surface area contributed by atoms with Crippen molar-refractivity contribution in [2.45, 2.75) is 51.7 Å². The fraction of sp³-hybridized carbons (Fsp3) is 0.381. The van der Waals surface area contributed by atoms with Gasteiger partial charge in [0.2, 0.25) is 0 Å². The summed E-state index contributed by atoms with van der Waals surface area (Å²) in [4.78, 5) is 41.3. The van der Waals surface area contributed by atoms with Crippen LogP contribution in [0.4, 0.5) is 5.69 Å². The average molecular weight is 427 g/mol. The van der Waals surface area contributed by atoms with Gasteiger partial charge in [0.1, 0.15) is 15.8 Å². The molecule has 0 unspecified atom stereocenters. The van der Waals surface area contributed by atoms with Gasteiger partial charge in [0.15, 0.2) is 0 Å². The van der Waals surface area contributed by atoms with E-state index in [9.17, 15) is 19.7 Å². The molecule has 0 spiro atoms. The van der Waals surface area contributed by atoms with Crippen LogP contribution in [-0.2, 0) is 11.3 Å². The van der Waals surface area contributed by atoms with Crippen LogP contribution >= 0.6 is 11.3 Å². The Morgan fingerprint density at radius 1 is 1.27 bits per heavy atom. The van der Waals surface area contributed by atoms with Gasteiger partial charge in [-0.25, -0.2) is 9.78 Å². The summed E-state index contributed by atoms with van der Waals surface area (Å²) in [5, 5.41) is 11.2. The summed E-state index contributed by atoms with van der Waals surface area (Å²) < 4.78 is 7.11. The SMILES string of the molecule is Cc1c(C(=O)OC2CCCCC2)sc2ncn(Cc3ccc([N+](=O)[O-])cc3)c(=O)c12. The van der Waals surface area contributed by atoms with Crippen molar-refractivity contribution in [1.29, 1.82) is 0 Å². The third-order valence-corrected chi connectivity index (χ3v) is 6.61. The van der Waals surface area contributed by atoms with Crippen LogP contribution in [0.25, 0.3) is 10.2 Å². The number of aromatic nitrogens is 2. The normalized spacial score (nSPS) is 14.7. The number of carbonyl (C=O) groups excluding carboxylic acids is 1. The van der Waals surface area contributed by atoms with Gasteiger partial charge >= 0.3 is 5.97 Å². The molecule has 2 aromatic heterocycles. The molecule has 8 nitrogen and oxygen atoms in total. The highest BCUT2D eigenvalue weighted by Crippen LogP contribution is 2.29. The van der Waals surface area contributed by atoms with Gasteiger partial charge in [0.25, 0.3) is 11.2 Å². The zero-order valence-corrected chi connectivity index (χ0v) is 17.3. The maximum atomic E-state index is 13.0. The number of thiophene rings is 1. The number of nitro benzene ring substituents is 1. The van der Waals surface area contributed by atoms with Crippen molar-refractivity contribution in [3.8, 4) is 0 Å². The summed E-state index contributed by atoms with van der Waals surface area (Å²) >= 11 is 1.18. The fourth-order valence-corrected chi connectivity index (χ4v) is 4.80. The van der Waals surface area contributed by atoms with Gasteiger partial charge in [-0.2, -0.15) is 0 Å². The minimum absolute atomic E-state index is 0.00512. The molecule has 1 aromatic carbocycles. The molecule has 1 aliphatic rings. The molecule has 1 fully saturated rings. The molecular weight excluding hydrogens is 406 g/mol. The lowest BCUT2D eigenvalue weighted by atomic mass is 9.98. The first-order valence-corrected chi connectivity index (χ1v) is 10.7. The number of non-ortho nitro benzene ring substituents is 1. The van der Waals surface area contributed by atoms with E-state index in [-0.39, 0.29) is 29.9 Å². The molecule has 0 saturated heterocycles. The van der Waals surface area contributed by atoms with Gasteiger partial charge in [0, 0.05) is 12.1 Å². The molecule has 0 radical (unpaired) electrons. The first-order chi connectivity index (χ1) is 14.4. The number of benzene rings is 1. The van der Waals surface area contributed by atoms with Gasteiger partial charge in [-0.1, -0.05) is 18.6 Å². The van der Waals surface area contributed by atoms with Crippen LogP contribution in [-0.4, -0.2) is 26.5 Å². The molecule has 1 saturated carbocycles. The highest BCUT2D eigenvalue weighted by molar-refractivity contribution is 7.20. The Labute approximate surface area is 176 Å². The highest BCUT2D eigenvalue weighted by atomic mass is 32.1. The van der Waals surface area contributed by atoms with Gasteiger partial charge in [-0.3, -0.25) is 19.5 Å². The molecule has 3 aromatic rings. The number of nitrogens with zero attached hydrogens (tertiary/aromatic N) is 3. The highest BCUT2D eigenvalue weighted by Gasteiger charge is 2.24. The van der Waals surface area contributed by atoms with Crippen LogP contribution in [0.5, 0.6) is 0 Å². The summed E-state index contributed by atoms with van der Waals surface area (Å²) in [7, 11) is 0. The molecule has 0 bridgehead atoms. The van der Waals surface area contributed by atoms with Gasteiger partial charge in [0.05, 0.1) is 23.2 Å². The molecule has 156 valence electrons. The Morgan fingerprint density at radius 2 is 1.97 bits per heavy atom. The van der Waals surface area contributed by atoms with E-state index >= 15 is 0 Å². The summed E-state index contributed by atoms with van der Waals surface area (Å²) in [6.07, 6.45) is 6.47. The summed E-state index contributed by atoms with van der Waals surface area (Å²) in [5.41, 5.74) is 1.08. The Balaban J connectivity index is 1.60. The standard InChI is InChI=1S/C21H21N3O5S/c1-13-17-19(30-18(13)21(26)29-16-5-3-2-4-6-16)22-12-23(20(17)25)11-14-7-9-15(10-8-14)24(27)28/h7-10,12,16H,2-6,11H2,1H3. The molecule has 0 atom stereocenters. The van der Waals surface area contributed by atoms with E-state index in [2.05, 4.69) is 4.98 Å². The Bertz CT molecular complexity index is 1160. The number of hydrogen-bond donors (Lipinski definition) is 0. The second-order valence-electron chi connectivity index (χ2n) is 7.50. The van der Waals surface area contributed by atoms with E-state index < -0.39 is 4.92 Å². The predicted octanol–water partition coefficient (Wildman–Crippen LogP) is 4.21. The van der Waals surface area contributed by atoms with Crippen molar-refractivity contribution in [3.63, 3.8) is 0 Å². The van der Waals surface area contributed by atoms with Crippen molar-refractivity contribution in [1.82, 2.24) is 9.55 Å². The van der Waals surface area contributed by atoms with Gasteiger partial charge < -0.3 is 4.74 Å². The quantitative estimate of drug-likeness (QED) is 0.343. The van der Waals surface area contributed by atoms with Crippen molar-refractivity contribution in [3.05, 3.63) is 67.1 Å². The summed E-state index contributed by atoms with van der Waals surface area (Å²) in [6, 6.07) is 6.04. The zero-order valence-electron chi connectivity index (χ0n) is 16.5. The molecule has 0 N–H and O–H groups in total. The lowest BCUT2D eigenvalue weighted by Crippen LogP contribution is -2.22. The third kappa shape index (κ3) is 3.97. The Hall–Kier alpha value is -3.07. The van der Waals surface area contributed by atoms with E-state index in [0.717, 1.165) is 31.2 Å². The summed E-state index contributed by atoms with van der Waals surface area (Å²) in [5.74, 6) is -0.385. The Kier molecular flexibility index (Phi) is 5.63. The van der Waals surface area contributed by atoms with Crippen LogP contribution in [0.15, 0.2) is 35.4 Å². The number of aryl methyl sites for hydroxylation is 1. The molecular formula is C21H21N3O5S. The first kappa shape index (κ1) is 20.2. The first-order valence-electron chi connectivity index (χ1n) is 9.87. The molecule has 30 heavy (non-hydrogen) atoms. The largest absolute Gasteiger partial charge is 0.458 e. The average Bonchev–Trinajstić information content (AvgIpc) is 3.08. The molecule has 9 heteroatoms. The second kappa shape index (κ2) is 8.35. The maximum Gasteiger partial charge on any atom is 0.348 e. The molecule has 0 aliphatic heterocycles. The van der Waals surface area contributed by atoms with Crippen molar-refractivity contribution >= 4 is 33.2 Å². The van der Waals surface area contributed by atoms with Crippen molar-refractivity contribution in [2.75, 3.05) is 0 Å². The maximum absolute atomic E-state index is 13.0. The smallest absolute Gasteiger partial charge is 0.348 e. The van der Waals surface area contributed by atoms with Crippen LogP contribution in [0.3, 0.4) is 0 Å². The molecule has 1 aliphatic carbocycles. The van der Waals surface area contributed by atoms with Crippen LogP contribution in [0, 0.1) is 17.0 Å². The monoisotopic (exact) mass is 427 g/mol. The summed E-state index contributed by atoms with van der Waals surface area (Å²) in [6.45, 7) is 1.98. The predicted molar refractivity (Wildman–Crippen MR) is 113 cm³/mol. The number of nitro groups is 1. The molecule has 0 amide bonds. The number of esters is 1. The fourth-order valence-electron chi connectivity index (χ4n) is 3.77. The minimum Gasteiger partial charge on any atom is -0.458 e. The van der Waals surface area contributed by atoms with E-state index in [1.54, 1.807) is 19.1 Å². The van der Waals surface area contributed by atoms with Crippen LogP contribution < -0.4 is 5.56 Å². The molecule has 4 rings (SSSR count). The lowest BCUT2D eigenvalue weighted by molar-refractivity contribution is -0.384. The number of carbonyl (C=O) groups is 1. The van der Waals surface area contributed by atoms with E-state index in [4.69, 9.17) is 4.74 Å². The van der Waals surface area contributed by atoms with Gasteiger partial charge in [-0.05, 0) is 43.7 Å². The zero-order chi connectivity index (χ0) is 21.3. The third-order valence-electron chi connectivity index (χ3n) is 5.43. The van der Waals surface area contributed by atoms with Crippen LogP contribution in [0.2, 0.25) is 0 Å². The number of rotatable bonds is 5. The van der Waals surface area contributed by atoms with E-state index in [1.807, 2.05) is 0 Å². The number of fused-ring (bicyclic) bond motifs is 1. The topological polar surface area (TPSA) is 104 Å². The Morgan fingerprint density at radius 3 is 2.63 bits per heavy atom. The van der Waals surface area contributed by atoms with Crippen molar-refractivity contribution in [2.24, 2.45) is 0 Å². The van der Waals surface area contributed by atoms with E-state index in [0.29, 0.717) is 20.7 Å². The second-order valence-corrected chi connectivity index (χ2v) is 8.50. The number of ether oxygens (including phenoxy) is 1. The van der Waals surface area contributed by atoms with Gasteiger partial charge in [-0.15, -0.1) is 11.3 Å². The lowest BCUT2D eigenvalue weighted by Gasteiger charge is -2.21.